The molecular weight excluding hydrogens is 286 g/mol. The van der Waals surface area contributed by atoms with Gasteiger partial charge in [0.05, 0.1) is 0 Å². The highest BCUT2D eigenvalue weighted by molar-refractivity contribution is 5.49. The lowest BCUT2D eigenvalue weighted by atomic mass is 9.72. The van der Waals surface area contributed by atoms with Crippen LogP contribution in [-0.4, -0.2) is 32.2 Å². The largest absolute Gasteiger partial charge is 0.353 e. The van der Waals surface area contributed by atoms with Gasteiger partial charge < -0.3 is 4.90 Å². The minimum atomic E-state index is 0.664. The fraction of sp³-hybridized carbons (Fsp3) is 0.722. The molecule has 4 rings (SSSR count). The van der Waals surface area contributed by atoms with Crippen molar-refractivity contribution in [2.45, 2.75) is 64.8 Å². The fourth-order valence-electron chi connectivity index (χ4n) is 4.63. The maximum absolute atomic E-state index is 4.66. The third-order valence-corrected chi connectivity index (χ3v) is 5.82. The summed E-state index contributed by atoms with van der Waals surface area (Å²) in [5.74, 6) is 3.63. The van der Waals surface area contributed by atoms with Crippen LogP contribution in [0.25, 0.3) is 5.78 Å². The number of hydrogen-bond acceptors (Lipinski definition) is 4. The van der Waals surface area contributed by atoms with E-state index < -0.39 is 0 Å². The Kier molecular flexibility index (Phi) is 3.95. The molecular formula is C18H27N5. The zero-order valence-electron chi connectivity index (χ0n) is 14.3. The van der Waals surface area contributed by atoms with Gasteiger partial charge in [-0.3, -0.25) is 0 Å². The normalized spacial score (nSPS) is 28.1. The van der Waals surface area contributed by atoms with E-state index >= 15 is 0 Å². The molecule has 5 heteroatoms. The van der Waals surface area contributed by atoms with Crippen molar-refractivity contribution in [1.29, 1.82) is 0 Å². The Hall–Kier alpha value is -1.65. The number of fused-ring (bicyclic) bond motifs is 2. The number of rotatable bonds is 3. The molecule has 0 bridgehead atoms. The van der Waals surface area contributed by atoms with Gasteiger partial charge in [-0.05, 0) is 37.5 Å². The van der Waals surface area contributed by atoms with Crippen molar-refractivity contribution in [1.82, 2.24) is 19.6 Å². The van der Waals surface area contributed by atoms with Gasteiger partial charge in [-0.25, -0.2) is 4.98 Å². The van der Waals surface area contributed by atoms with E-state index in [1.807, 2.05) is 4.52 Å². The zero-order valence-corrected chi connectivity index (χ0v) is 14.3. The monoisotopic (exact) mass is 313 g/mol. The molecule has 1 saturated heterocycles. The number of hydrogen-bond donors (Lipinski definition) is 0. The minimum absolute atomic E-state index is 0.664. The first kappa shape index (κ1) is 14.9. The van der Waals surface area contributed by atoms with Gasteiger partial charge in [-0.2, -0.15) is 14.6 Å². The summed E-state index contributed by atoms with van der Waals surface area (Å²) in [5, 5.41) is 4.45. The average molecular weight is 313 g/mol. The average Bonchev–Trinajstić information content (AvgIpc) is 3.04. The van der Waals surface area contributed by atoms with Crippen LogP contribution in [0.1, 0.15) is 58.1 Å². The molecule has 1 aliphatic heterocycles. The Morgan fingerprint density at radius 2 is 2.09 bits per heavy atom. The van der Waals surface area contributed by atoms with Crippen LogP contribution in [0, 0.1) is 11.8 Å². The van der Waals surface area contributed by atoms with E-state index in [4.69, 9.17) is 0 Å². The lowest BCUT2D eigenvalue weighted by molar-refractivity contribution is 0.176. The van der Waals surface area contributed by atoms with Gasteiger partial charge in [-0.1, -0.05) is 33.1 Å². The molecule has 0 spiro atoms. The molecule has 1 saturated carbocycles. The second kappa shape index (κ2) is 6.10. The van der Waals surface area contributed by atoms with Crippen molar-refractivity contribution in [3.05, 3.63) is 18.1 Å². The third kappa shape index (κ3) is 2.60. The summed E-state index contributed by atoms with van der Waals surface area (Å²) in [4.78, 5) is 11.6. The van der Waals surface area contributed by atoms with Crippen LogP contribution in [-0.2, 0) is 6.42 Å². The highest BCUT2D eigenvalue weighted by Gasteiger charge is 2.38. The summed E-state index contributed by atoms with van der Waals surface area (Å²) < 4.78 is 1.95. The van der Waals surface area contributed by atoms with Crippen LogP contribution in [0.2, 0.25) is 0 Å². The molecule has 1 aliphatic carbocycles. The van der Waals surface area contributed by atoms with E-state index in [1.165, 1.54) is 37.9 Å². The molecule has 23 heavy (non-hydrogen) atoms. The van der Waals surface area contributed by atoms with E-state index in [-0.39, 0.29) is 0 Å². The molecule has 5 nitrogen and oxygen atoms in total. The number of aromatic nitrogens is 4. The van der Waals surface area contributed by atoms with Crippen molar-refractivity contribution < 1.29 is 0 Å². The lowest BCUT2D eigenvalue weighted by Gasteiger charge is -2.48. The number of aryl methyl sites for hydroxylation is 1. The van der Waals surface area contributed by atoms with Crippen LogP contribution in [0.15, 0.2) is 12.4 Å². The van der Waals surface area contributed by atoms with Crippen LogP contribution in [0.3, 0.4) is 0 Å². The van der Waals surface area contributed by atoms with E-state index in [0.29, 0.717) is 6.04 Å². The standard InChI is InChI=1S/C18H27N5/c1-3-6-14-11-17(23-18(21-14)19-12-20-23)22-10-9-13(2)15-7-4-5-8-16(15)22/h11-13,15-16H,3-10H2,1-2H3/t13-,15+,16-/m0/s1. The first-order chi connectivity index (χ1) is 11.3. The second-order valence-electron chi connectivity index (χ2n) is 7.30. The molecule has 3 atom stereocenters. The number of piperidine rings is 1. The van der Waals surface area contributed by atoms with E-state index in [0.717, 1.165) is 42.7 Å². The molecule has 0 radical (unpaired) electrons. The summed E-state index contributed by atoms with van der Waals surface area (Å²) in [6, 6.07) is 2.92. The summed E-state index contributed by atoms with van der Waals surface area (Å²) in [6.45, 7) is 5.78. The van der Waals surface area contributed by atoms with E-state index in [2.05, 4.69) is 39.9 Å². The third-order valence-electron chi connectivity index (χ3n) is 5.82. The van der Waals surface area contributed by atoms with Gasteiger partial charge >= 0.3 is 0 Å². The molecule has 0 N–H and O–H groups in total. The Labute approximate surface area is 138 Å². The molecule has 2 aliphatic rings. The topological polar surface area (TPSA) is 46.3 Å². The zero-order chi connectivity index (χ0) is 15.8. The lowest BCUT2D eigenvalue weighted by Crippen LogP contribution is -2.50. The summed E-state index contributed by atoms with van der Waals surface area (Å²) in [5.41, 5.74) is 1.15. The van der Waals surface area contributed by atoms with Crippen LogP contribution < -0.4 is 4.90 Å². The van der Waals surface area contributed by atoms with Crippen molar-refractivity contribution in [3.8, 4) is 0 Å². The van der Waals surface area contributed by atoms with Crippen molar-refractivity contribution in [2.75, 3.05) is 11.4 Å². The second-order valence-corrected chi connectivity index (χ2v) is 7.30. The van der Waals surface area contributed by atoms with Crippen molar-refractivity contribution in [3.63, 3.8) is 0 Å². The molecule has 124 valence electrons. The van der Waals surface area contributed by atoms with Crippen molar-refractivity contribution in [2.24, 2.45) is 11.8 Å². The van der Waals surface area contributed by atoms with Gasteiger partial charge in [0.1, 0.15) is 12.1 Å². The van der Waals surface area contributed by atoms with E-state index in [9.17, 15) is 0 Å². The fourth-order valence-corrected chi connectivity index (χ4v) is 4.63. The van der Waals surface area contributed by atoms with Gasteiger partial charge in [0.25, 0.3) is 5.78 Å². The maximum Gasteiger partial charge on any atom is 0.254 e. The molecule has 3 heterocycles. The first-order valence-corrected chi connectivity index (χ1v) is 9.24. The van der Waals surface area contributed by atoms with Crippen LogP contribution in [0.4, 0.5) is 5.82 Å². The van der Waals surface area contributed by atoms with Gasteiger partial charge in [-0.15, -0.1) is 0 Å². The Balaban J connectivity index is 1.76. The maximum atomic E-state index is 4.66. The SMILES string of the molecule is CCCc1cc(N2CC[C@H](C)[C@H]3CCCC[C@@H]32)n2ncnc2n1. The van der Waals surface area contributed by atoms with Gasteiger partial charge in [0.15, 0.2) is 0 Å². The van der Waals surface area contributed by atoms with E-state index in [1.54, 1.807) is 6.33 Å². The minimum Gasteiger partial charge on any atom is -0.353 e. The number of anilines is 1. The molecule has 2 aromatic heterocycles. The smallest absolute Gasteiger partial charge is 0.254 e. The Morgan fingerprint density at radius 3 is 2.96 bits per heavy atom. The predicted molar refractivity (Wildman–Crippen MR) is 91.7 cm³/mol. The predicted octanol–water partition coefficient (Wildman–Crippen LogP) is 3.48. The quantitative estimate of drug-likeness (QED) is 0.870. The Bertz CT molecular complexity index is 679. The number of nitrogens with zero attached hydrogens (tertiary/aromatic N) is 5. The molecule has 2 aromatic rings. The molecule has 0 aromatic carbocycles. The van der Waals surface area contributed by atoms with Gasteiger partial charge in [0.2, 0.25) is 0 Å². The Morgan fingerprint density at radius 1 is 1.22 bits per heavy atom. The highest BCUT2D eigenvalue weighted by Crippen LogP contribution is 2.40. The summed E-state index contributed by atoms with van der Waals surface area (Å²) >= 11 is 0. The molecule has 0 unspecified atom stereocenters. The van der Waals surface area contributed by atoms with Crippen molar-refractivity contribution >= 4 is 11.6 Å². The van der Waals surface area contributed by atoms with Crippen LogP contribution in [0.5, 0.6) is 0 Å². The molecule has 0 amide bonds. The highest BCUT2D eigenvalue weighted by atomic mass is 15.4. The summed E-state index contributed by atoms with van der Waals surface area (Å²) in [6.07, 6.45) is 10.5. The van der Waals surface area contributed by atoms with Crippen LogP contribution >= 0.6 is 0 Å². The first-order valence-electron chi connectivity index (χ1n) is 9.24. The summed E-state index contributed by atoms with van der Waals surface area (Å²) in [7, 11) is 0. The molecule has 2 fully saturated rings. The van der Waals surface area contributed by atoms with Gasteiger partial charge in [0, 0.05) is 24.3 Å².